The van der Waals surface area contributed by atoms with Crippen LogP contribution in [0.15, 0.2) is 67.0 Å². The number of carbonyl (C=O) groups excluding carboxylic acids is 1. The Labute approximate surface area is 161 Å². The summed E-state index contributed by atoms with van der Waals surface area (Å²) in [5, 5.41) is 5.54. The highest BCUT2D eigenvalue weighted by atomic mass is 35.5. The molecule has 0 unspecified atom stereocenters. The molecule has 0 aliphatic rings. The second kappa shape index (κ2) is 7.06. The number of hydrogen-bond donors (Lipinski definition) is 0. The number of para-hydroxylation sites is 1. The van der Waals surface area contributed by atoms with Crippen molar-refractivity contribution < 1.29 is 4.79 Å². The van der Waals surface area contributed by atoms with E-state index in [1.54, 1.807) is 24.5 Å². The highest BCUT2D eigenvalue weighted by Gasteiger charge is 2.17. The molecule has 0 bridgehead atoms. The highest BCUT2D eigenvalue weighted by molar-refractivity contribution is 6.34. The van der Waals surface area contributed by atoms with Gasteiger partial charge in [-0.15, -0.1) is 0 Å². The number of pyridine rings is 1. The minimum Gasteiger partial charge on any atom is -0.267 e. The number of fused-ring (bicyclic) bond motifs is 1. The molecule has 130 valence electrons. The van der Waals surface area contributed by atoms with Crippen LogP contribution in [0, 0.1) is 18.8 Å². The quantitative estimate of drug-likeness (QED) is 0.463. The van der Waals surface area contributed by atoms with Gasteiger partial charge in [0.25, 0.3) is 5.91 Å². The normalized spacial score (nSPS) is 10.4. The van der Waals surface area contributed by atoms with Gasteiger partial charge in [0.15, 0.2) is 0 Å². The standard InChI is InChI=1S/C22H14ClN3O/c1-15-5-4-7-19(23)21(15)22(27)26-18(11-12-25-26)10-9-16-13-17-6-2-3-8-20(17)24-14-16/h2-8,11-14H,1H3. The van der Waals surface area contributed by atoms with Gasteiger partial charge in [0.1, 0.15) is 5.69 Å². The minimum absolute atomic E-state index is 0.302. The van der Waals surface area contributed by atoms with Crippen LogP contribution in [-0.4, -0.2) is 20.7 Å². The van der Waals surface area contributed by atoms with E-state index in [9.17, 15) is 4.79 Å². The van der Waals surface area contributed by atoms with Crippen molar-refractivity contribution in [1.29, 1.82) is 0 Å². The number of hydrogen-bond acceptors (Lipinski definition) is 3. The molecule has 0 fully saturated rings. The Morgan fingerprint density at radius 2 is 1.93 bits per heavy atom. The molecule has 0 saturated carbocycles. The van der Waals surface area contributed by atoms with E-state index in [1.807, 2.05) is 49.4 Å². The second-order valence-corrected chi connectivity index (χ2v) is 6.44. The van der Waals surface area contributed by atoms with E-state index >= 15 is 0 Å². The second-order valence-electron chi connectivity index (χ2n) is 6.03. The predicted octanol–water partition coefficient (Wildman–Crippen LogP) is 4.48. The van der Waals surface area contributed by atoms with Crippen LogP contribution in [0.1, 0.15) is 27.2 Å². The molecule has 2 aromatic heterocycles. The van der Waals surface area contributed by atoms with Gasteiger partial charge in [0.05, 0.1) is 22.3 Å². The van der Waals surface area contributed by atoms with Crippen LogP contribution in [-0.2, 0) is 0 Å². The maximum Gasteiger partial charge on any atom is 0.281 e. The van der Waals surface area contributed by atoms with Crippen LogP contribution < -0.4 is 0 Å². The van der Waals surface area contributed by atoms with E-state index in [0.717, 1.165) is 22.0 Å². The summed E-state index contributed by atoms with van der Waals surface area (Å²) in [4.78, 5) is 17.3. The van der Waals surface area contributed by atoms with Gasteiger partial charge in [-0.3, -0.25) is 9.78 Å². The summed E-state index contributed by atoms with van der Waals surface area (Å²) in [7, 11) is 0. The molecule has 4 rings (SSSR count). The van der Waals surface area contributed by atoms with E-state index in [-0.39, 0.29) is 5.91 Å². The molecule has 2 aromatic carbocycles. The Hall–Kier alpha value is -3.42. The summed E-state index contributed by atoms with van der Waals surface area (Å²) in [5.41, 5.74) is 3.40. The van der Waals surface area contributed by atoms with Gasteiger partial charge in [0.2, 0.25) is 0 Å². The molecule has 0 radical (unpaired) electrons. The van der Waals surface area contributed by atoms with E-state index in [1.165, 1.54) is 4.68 Å². The van der Waals surface area contributed by atoms with Crippen LogP contribution in [0.3, 0.4) is 0 Å². The zero-order valence-electron chi connectivity index (χ0n) is 14.5. The van der Waals surface area contributed by atoms with Crippen molar-refractivity contribution in [1.82, 2.24) is 14.8 Å². The number of benzene rings is 2. The topological polar surface area (TPSA) is 47.8 Å². The maximum absolute atomic E-state index is 12.9. The fraction of sp³-hybridized carbons (Fsp3) is 0.0455. The van der Waals surface area contributed by atoms with Gasteiger partial charge in [-0.25, -0.2) is 0 Å². The molecule has 0 atom stereocenters. The van der Waals surface area contributed by atoms with Gasteiger partial charge in [-0.2, -0.15) is 9.78 Å². The van der Waals surface area contributed by atoms with Crippen LogP contribution in [0.2, 0.25) is 5.02 Å². The zero-order valence-corrected chi connectivity index (χ0v) is 15.2. The molecule has 27 heavy (non-hydrogen) atoms. The summed E-state index contributed by atoms with van der Waals surface area (Å²) in [6, 6.07) is 16.9. The molecule has 0 amide bonds. The first-order valence-electron chi connectivity index (χ1n) is 8.34. The lowest BCUT2D eigenvalue weighted by Crippen LogP contribution is -2.17. The lowest BCUT2D eigenvalue weighted by atomic mass is 10.1. The molecular weight excluding hydrogens is 358 g/mol. The van der Waals surface area contributed by atoms with Gasteiger partial charge in [0, 0.05) is 17.1 Å². The largest absolute Gasteiger partial charge is 0.281 e. The molecule has 4 nitrogen and oxygen atoms in total. The SMILES string of the molecule is Cc1cccc(Cl)c1C(=O)n1nccc1C#Cc1cnc2ccccc2c1. The van der Waals surface area contributed by atoms with E-state index in [2.05, 4.69) is 21.9 Å². The molecule has 0 spiro atoms. The van der Waals surface area contributed by atoms with Gasteiger partial charge in [-0.1, -0.05) is 47.9 Å². The van der Waals surface area contributed by atoms with E-state index < -0.39 is 0 Å². The van der Waals surface area contributed by atoms with Crippen molar-refractivity contribution >= 4 is 28.4 Å². The van der Waals surface area contributed by atoms with Crippen molar-refractivity contribution in [3.8, 4) is 11.8 Å². The van der Waals surface area contributed by atoms with Crippen LogP contribution in [0.4, 0.5) is 0 Å². The van der Waals surface area contributed by atoms with Crippen LogP contribution >= 0.6 is 11.6 Å². The van der Waals surface area contributed by atoms with Gasteiger partial charge < -0.3 is 0 Å². The molecule has 0 aliphatic carbocycles. The molecule has 0 N–H and O–H groups in total. The fourth-order valence-corrected chi connectivity index (χ4v) is 3.15. The number of aryl methyl sites for hydroxylation is 1. The Morgan fingerprint density at radius 1 is 1.07 bits per heavy atom. The lowest BCUT2D eigenvalue weighted by Gasteiger charge is -2.07. The van der Waals surface area contributed by atoms with Crippen molar-refractivity contribution in [2.24, 2.45) is 0 Å². The third-order valence-electron chi connectivity index (χ3n) is 4.20. The third kappa shape index (κ3) is 3.33. The summed E-state index contributed by atoms with van der Waals surface area (Å²) in [6.07, 6.45) is 3.27. The first-order chi connectivity index (χ1) is 13.1. The summed E-state index contributed by atoms with van der Waals surface area (Å²) >= 11 is 6.22. The van der Waals surface area contributed by atoms with E-state index in [4.69, 9.17) is 11.6 Å². The molecular formula is C22H14ClN3O. The van der Waals surface area contributed by atoms with E-state index in [0.29, 0.717) is 16.3 Å². The number of halogens is 1. The Bertz CT molecular complexity index is 1210. The third-order valence-corrected chi connectivity index (χ3v) is 4.51. The van der Waals surface area contributed by atoms with Crippen LogP contribution in [0.5, 0.6) is 0 Å². The summed E-state index contributed by atoms with van der Waals surface area (Å²) in [6.45, 7) is 1.84. The van der Waals surface area contributed by atoms with Gasteiger partial charge in [-0.05, 0) is 42.7 Å². The minimum atomic E-state index is -0.302. The average molecular weight is 372 g/mol. The molecule has 0 aliphatic heterocycles. The Balaban J connectivity index is 1.70. The molecule has 4 aromatic rings. The maximum atomic E-state index is 12.9. The average Bonchev–Trinajstić information content (AvgIpc) is 3.14. The number of carbonyl (C=O) groups is 1. The van der Waals surface area contributed by atoms with Crippen molar-refractivity contribution in [3.63, 3.8) is 0 Å². The van der Waals surface area contributed by atoms with Gasteiger partial charge >= 0.3 is 0 Å². The molecule has 0 saturated heterocycles. The summed E-state index contributed by atoms with van der Waals surface area (Å²) in [5.74, 6) is 5.77. The van der Waals surface area contributed by atoms with Crippen molar-refractivity contribution in [2.75, 3.05) is 0 Å². The van der Waals surface area contributed by atoms with Crippen molar-refractivity contribution in [3.05, 3.63) is 94.4 Å². The number of rotatable bonds is 1. The Morgan fingerprint density at radius 3 is 2.78 bits per heavy atom. The first kappa shape index (κ1) is 17.0. The highest BCUT2D eigenvalue weighted by Crippen LogP contribution is 2.21. The molecule has 2 heterocycles. The number of aromatic nitrogens is 3. The molecule has 5 heteroatoms. The smallest absolute Gasteiger partial charge is 0.267 e. The van der Waals surface area contributed by atoms with Crippen molar-refractivity contribution in [2.45, 2.75) is 6.92 Å². The zero-order chi connectivity index (χ0) is 18.8. The first-order valence-corrected chi connectivity index (χ1v) is 8.72. The monoisotopic (exact) mass is 371 g/mol. The Kier molecular flexibility index (Phi) is 4.45. The summed E-state index contributed by atoms with van der Waals surface area (Å²) < 4.78 is 1.27. The lowest BCUT2D eigenvalue weighted by molar-refractivity contribution is 0.0944. The fourth-order valence-electron chi connectivity index (χ4n) is 2.84. The van der Waals surface area contributed by atoms with Crippen LogP contribution in [0.25, 0.3) is 10.9 Å². The number of nitrogens with zero attached hydrogens (tertiary/aromatic N) is 3. The predicted molar refractivity (Wildman–Crippen MR) is 106 cm³/mol.